The van der Waals surface area contributed by atoms with Crippen molar-refractivity contribution in [3.05, 3.63) is 0 Å². The second-order valence-electron chi connectivity index (χ2n) is 10.7. The molecule has 0 spiro atoms. The van der Waals surface area contributed by atoms with Gasteiger partial charge in [0.05, 0.1) is 26.4 Å². The Morgan fingerprint density at radius 1 is 0.442 bits per heavy atom. The fourth-order valence-electron chi connectivity index (χ4n) is 5.23. The first kappa shape index (κ1) is 35.1. The summed E-state index contributed by atoms with van der Waals surface area (Å²) in [5.41, 5.74) is 0. The zero-order chi connectivity index (χ0) is 31.7. The van der Waals surface area contributed by atoms with Crippen LogP contribution in [-0.2, 0) is 33.2 Å². The highest BCUT2D eigenvalue weighted by Crippen LogP contribution is 2.34. The average Bonchev–Trinajstić information content (AvgIpc) is 2.99. The average molecular weight is 637 g/mol. The molecule has 19 atom stereocenters. The third kappa shape index (κ3) is 7.13. The number of aliphatic hydroxyl groups is 13. The summed E-state index contributed by atoms with van der Waals surface area (Å²) in [7, 11) is 0. The molecule has 4 aliphatic heterocycles. The highest BCUT2D eigenvalue weighted by atomic mass is 16.8. The lowest BCUT2D eigenvalue weighted by Crippen LogP contribution is -2.67. The highest BCUT2D eigenvalue weighted by Gasteiger charge is 2.55. The fraction of sp³-hybridized carbons (Fsp3) is 1.00. The van der Waals surface area contributed by atoms with E-state index in [0.717, 1.165) is 0 Å². The van der Waals surface area contributed by atoms with Gasteiger partial charge in [0.15, 0.2) is 25.2 Å². The van der Waals surface area contributed by atoms with Gasteiger partial charge in [0.2, 0.25) is 0 Å². The maximum Gasteiger partial charge on any atom is 0.187 e. The van der Waals surface area contributed by atoms with Crippen LogP contribution < -0.4 is 0 Å². The molecular weight excluding hydrogens is 596 g/mol. The molecule has 4 heterocycles. The molecular formula is C23H40O20. The van der Waals surface area contributed by atoms with E-state index in [2.05, 4.69) is 0 Å². The topological polar surface area (TPSA) is 328 Å². The Hall–Kier alpha value is -0.800. The van der Waals surface area contributed by atoms with Gasteiger partial charge in [-0.2, -0.15) is 0 Å². The van der Waals surface area contributed by atoms with Crippen molar-refractivity contribution in [2.24, 2.45) is 0 Å². The summed E-state index contributed by atoms with van der Waals surface area (Å²) in [4.78, 5) is 0. The predicted molar refractivity (Wildman–Crippen MR) is 128 cm³/mol. The molecule has 0 aromatic carbocycles. The minimum Gasteiger partial charge on any atom is -0.394 e. The first-order valence-corrected chi connectivity index (χ1v) is 13.5. The van der Waals surface area contributed by atoms with E-state index in [0.29, 0.717) is 0 Å². The van der Waals surface area contributed by atoms with E-state index >= 15 is 0 Å². The molecule has 0 aliphatic carbocycles. The lowest BCUT2D eigenvalue weighted by Gasteiger charge is -2.49. The van der Waals surface area contributed by atoms with Crippen molar-refractivity contribution in [3.63, 3.8) is 0 Å². The Labute approximate surface area is 243 Å². The van der Waals surface area contributed by atoms with Gasteiger partial charge < -0.3 is 99.5 Å². The van der Waals surface area contributed by atoms with Crippen LogP contribution in [0.2, 0.25) is 0 Å². The summed E-state index contributed by atoms with van der Waals surface area (Å²) >= 11 is 0. The predicted octanol–water partition coefficient (Wildman–Crippen LogP) is -9.11. The molecule has 4 saturated heterocycles. The molecule has 252 valence electrons. The molecule has 4 rings (SSSR count). The third-order valence-corrected chi connectivity index (χ3v) is 7.82. The Morgan fingerprint density at radius 3 is 1.56 bits per heavy atom. The number of hydrogen-bond donors (Lipinski definition) is 13. The molecule has 4 aliphatic rings. The van der Waals surface area contributed by atoms with Gasteiger partial charge in [-0.3, -0.25) is 0 Å². The summed E-state index contributed by atoms with van der Waals surface area (Å²) in [6.07, 6.45) is -33.3. The first-order chi connectivity index (χ1) is 20.3. The Bertz CT molecular complexity index is 869. The van der Waals surface area contributed by atoms with Crippen molar-refractivity contribution in [3.8, 4) is 0 Å². The molecule has 20 nitrogen and oxygen atoms in total. The van der Waals surface area contributed by atoms with E-state index in [1.54, 1.807) is 0 Å². The maximum absolute atomic E-state index is 11.2. The number of ether oxygens (including phenoxy) is 7. The lowest BCUT2D eigenvalue weighted by atomic mass is 9.96. The van der Waals surface area contributed by atoms with Gasteiger partial charge >= 0.3 is 0 Å². The largest absolute Gasteiger partial charge is 0.394 e. The van der Waals surface area contributed by atoms with Crippen LogP contribution in [0, 0.1) is 0 Å². The van der Waals surface area contributed by atoms with Crippen LogP contribution in [0.1, 0.15) is 0 Å². The van der Waals surface area contributed by atoms with E-state index in [9.17, 15) is 66.4 Å². The van der Waals surface area contributed by atoms with E-state index in [4.69, 9.17) is 33.2 Å². The molecule has 0 aromatic heterocycles. The molecule has 43 heavy (non-hydrogen) atoms. The first-order valence-electron chi connectivity index (χ1n) is 13.5. The highest BCUT2D eigenvalue weighted by molar-refractivity contribution is 4.97. The molecule has 0 unspecified atom stereocenters. The molecule has 0 saturated carbocycles. The molecule has 0 amide bonds. The smallest absolute Gasteiger partial charge is 0.187 e. The van der Waals surface area contributed by atoms with Crippen LogP contribution >= 0.6 is 0 Å². The van der Waals surface area contributed by atoms with Crippen molar-refractivity contribution >= 4 is 0 Å². The Morgan fingerprint density at radius 2 is 0.953 bits per heavy atom. The monoisotopic (exact) mass is 636 g/mol. The SMILES string of the molecule is OC[C@@H]1O[C@H](O[C@H]2[C@@H](O)[C@@H](O[C@@H]3O[C@H](CO)[C@@H](O)[C@H](O)[C@@H]3O[C@@H]3OC[C@H](O)[C@H](O)[C@@H]3O)[C@H](CO)O[C@H]2O)[C@@H](O)[C@H](O)[C@H]1O. The van der Waals surface area contributed by atoms with Crippen molar-refractivity contribution < 1.29 is 99.5 Å². The second kappa shape index (κ2) is 14.7. The Kier molecular flexibility index (Phi) is 12.0. The van der Waals surface area contributed by atoms with Gasteiger partial charge in [-0.1, -0.05) is 0 Å². The van der Waals surface area contributed by atoms with Crippen molar-refractivity contribution in [2.45, 2.75) is 117 Å². The van der Waals surface area contributed by atoms with Gasteiger partial charge in [0, 0.05) is 0 Å². The quantitative estimate of drug-likeness (QED) is 0.112. The molecule has 4 fully saturated rings. The summed E-state index contributed by atoms with van der Waals surface area (Å²) in [5.74, 6) is 0. The molecule has 0 aromatic rings. The summed E-state index contributed by atoms with van der Waals surface area (Å²) in [6, 6.07) is 0. The zero-order valence-electron chi connectivity index (χ0n) is 22.5. The maximum atomic E-state index is 11.2. The zero-order valence-corrected chi connectivity index (χ0v) is 22.5. The molecule has 0 radical (unpaired) electrons. The van der Waals surface area contributed by atoms with E-state index in [1.165, 1.54) is 0 Å². The minimum absolute atomic E-state index is 0.490. The molecule has 20 heteroatoms. The van der Waals surface area contributed by atoms with Crippen molar-refractivity contribution in [2.75, 3.05) is 26.4 Å². The van der Waals surface area contributed by atoms with Crippen molar-refractivity contribution in [1.29, 1.82) is 0 Å². The van der Waals surface area contributed by atoms with Gasteiger partial charge in [-0.25, -0.2) is 0 Å². The van der Waals surface area contributed by atoms with Crippen LogP contribution in [0.4, 0.5) is 0 Å². The number of aliphatic hydroxyl groups excluding tert-OH is 13. The standard InChI is InChI=1S/C23H40O20/c24-1-6-10(29)12(31)15(34)22(39-6)42-18-16(35)17(8(3-26)38-20(18)36)41-23-19(13(32)11(30)7(2-25)40-23)43-21-14(33)9(28)5(27)4-37-21/h5-36H,1-4H2/t5-,6-,7+,8-,9-,10-,11+,12+,13-,14-,15-,16-,17-,18-,19-,20+,21-,22+,23-/m0/s1. The van der Waals surface area contributed by atoms with Crippen molar-refractivity contribution in [1.82, 2.24) is 0 Å². The van der Waals surface area contributed by atoms with Crippen LogP contribution in [0.3, 0.4) is 0 Å². The van der Waals surface area contributed by atoms with Gasteiger partial charge in [0.1, 0.15) is 91.6 Å². The fourth-order valence-corrected chi connectivity index (χ4v) is 5.23. The van der Waals surface area contributed by atoms with E-state index in [-0.39, 0.29) is 0 Å². The van der Waals surface area contributed by atoms with Gasteiger partial charge in [0.25, 0.3) is 0 Å². The second-order valence-corrected chi connectivity index (χ2v) is 10.7. The lowest BCUT2D eigenvalue weighted by molar-refractivity contribution is -0.394. The summed E-state index contributed by atoms with van der Waals surface area (Å²) in [5, 5.41) is 132. The van der Waals surface area contributed by atoms with Gasteiger partial charge in [-0.05, 0) is 0 Å². The van der Waals surface area contributed by atoms with E-state index in [1.807, 2.05) is 0 Å². The summed E-state index contributed by atoms with van der Waals surface area (Å²) < 4.78 is 38.0. The molecule has 0 bridgehead atoms. The summed E-state index contributed by atoms with van der Waals surface area (Å²) in [6.45, 7) is -3.01. The third-order valence-electron chi connectivity index (χ3n) is 7.82. The molecule has 13 N–H and O–H groups in total. The Balaban J connectivity index is 1.55. The van der Waals surface area contributed by atoms with Crippen LogP contribution in [0.25, 0.3) is 0 Å². The van der Waals surface area contributed by atoms with E-state index < -0.39 is 143 Å². The minimum atomic E-state index is -2.00. The number of rotatable bonds is 9. The van der Waals surface area contributed by atoms with Crippen LogP contribution in [0.5, 0.6) is 0 Å². The van der Waals surface area contributed by atoms with Gasteiger partial charge in [-0.15, -0.1) is 0 Å². The normalized spacial score (nSPS) is 53.1. The van der Waals surface area contributed by atoms with Crippen LogP contribution in [0.15, 0.2) is 0 Å². The van der Waals surface area contributed by atoms with Crippen LogP contribution in [-0.4, -0.2) is 210 Å². The number of hydrogen-bond acceptors (Lipinski definition) is 20.